The SMILES string of the molecule is CCCCC[C@H](O)/C=C/[C@H]1[C@@H]2C[C@H](O)O[C@@H]2C[C@@H]1O. The highest BCUT2D eigenvalue weighted by atomic mass is 16.6. The number of unbranched alkanes of at least 4 members (excludes halogenated alkanes) is 2. The van der Waals surface area contributed by atoms with E-state index in [1.165, 1.54) is 0 Å². The molecule has 0 aromatic heterocycles. The van der Waals surface area contributed by atoms with Gasteiger partial charge in [0.15, 0.2) is 6.29 Å². The van der Waals surface area contributed by atoms with Crippen LogP contribution < -0.4 is 0 Å². The zero-order valence-corrected chi connectivity index (χ0v) is 11.6. The second kappa shape index (κ2) is 6.84. The number of hydrogen-bond acceptors (Lipinski definition) is 4. The summed E-state index contributed by atoms with van der Waals surface area (Å²) in [5, 5.41) is 29.4. The van der Waals surface area contributed by atoms with Crippen molar-refractivity contribution in [2.45, 2.75) is 70.1 Å². The van der Waals surface area contributed by atoms with E-state index in [2.05, 4.69) is 6.92 Å². The quantitative estimate of drug-likeness (QED) is 0.506. The van der Waals surface area contributed by atoms with Gasteiger partial charge in [0.1, 0.15) is 0 Å². The minimum atomic E-state index is -0.687. The van der Waals surface area contributed by atoms with Gasteiger partial charge in [0.2, 0.25) is 0 Å². The van der Waals surface area contributed by atoms with Crippen molar-refractivity contribution in [3.8, 4) is 0 Å². The van der Waals surface area contributed by atoms with Gasteiger partial charge >= 0.3 is 0 Å². The minimum absolute atomic E-state index is 0.00275. The zero-order chi connectivity index (χ0) is 13.8. The van der Waals surface area contributed by atoms with Gasteiger partial charge in [-0.2, -0.15) is 0 Å². The summed E-state index contributed by atoms with van der Waals surface area (Å²) < 4.78 is 5.37. The highest BCUT2D eigenvalue weighted by molar-refractivity contribution is 5.06. The fraction of sp³-hybridized carbons (Fsp3) is 0.867. The molecule has 1 heterocycles. The third-order valence-electron chi connectivity index (χ3n) is 4.35. The molecule has 0 bridgehead atoms. The number of rotatable bonds is 6. The van der Waals surface area contributed by atoms with Crippen LogP contribution in [0.25, 0.3) is 0 Å². The van der Waals surface area contributed by atoms with E-state index in [9.17, 15) is 15.3 Å². The lowest BCUT2D eigenvalue weighted by atomic mass is 9.91. The molecule has 2 rings (SSSR count). The van der Waals surface area contributed by atoms with Gasteiger partial charge in [-0.05, 0) is 12.3 Å². The zero-order valence-electron chi connectivity index (χ0n) is 11.6. The molecule has 1 aliphatic heterocycles. The lowest BCUT2D eigenvalue weighted by Crippen LogP contribution is -2.19. The number of fused-ring (bicyclic) bond motifs is 1. The first-order chi connectivity index (χ1) is 9.11. The third kappa shape index (κ3) is 3.78. The maximum absolute atomic E-state index is 10.0. The molecular formula is C15H26O4. The lowest BCUT2D eigenvalue weighted by molar-refractivity contribution is -0.0949. The Bertz CT molecular complexity index is 305. The molecule has 19 heavy (non-hydrogen) atoms. The Hall–Kier alpha value is -0.420. The molecule has 0 spiro atoms. The van der Waals surface area contributed by atoms with Crippen LogP contribution in [0, 0.1) is 11.8 Å². The van der Waals surface area contributed by atoms with Gasteiger partial charge in [0.25, 0.3) is 0 Å². The van der Waals surface area contributed by atoms with E-state index < -0.39 is 18.5 Å². The fourth-order valence-electron chi connectivity index (χ4n) is 3.29. The first-order valence-corrected chi connectivity index (χ1v) is 7.49. The molecule has 0 aromatic rings. The van der Waals surface area contributed by atoms with Crippen LogP contribution in [0.15, 0.2) is 12.2 Å². The van der Waals surface area contributed by atoms with Gasteiger partial charge in [0, 0.05) is 18.8 Å². The molecule has 0 amide bonds. The van der Waals surface area contributed by atoms with E-state index in [1.807, 2.05) is 6.08 Å². The van der Waals surface area contributed by atoms with Crippen molar-refractivity contribution in [2.75, 3.05) is 0 Å². The fourth-order valence-corrected chi connectivity index (χ4v) is 3.29. The van der Waals surface area contributed by atoms with Crippen LogP contribution in [-0.4, -0.2) is 39.9 Å². The Labute approximate surface area is 115 Å². The molecule has 2 fully saturated rings. The number of hydrogen-bond donors (Lipinski definition) is 3. The summed E-state index contributed by atoms with van der Waals surface area (Å²) >= 11 is 0. The summed E-state index contributed by atoms with van der Waals surface area (Å²) in [4.78, 5) is 0. The normalized spacial score (nSPS) is 39.9. The molecule has 1 aliphatic carbocycles. The summed E-state index contributed by atoms with van der Waals surface area (Å²) in [6.45, 7) is 2.14. The second-order valence-electron chi connectivity index (χ2n) is 5.86. The number of ether oxygens (including phenoxy) is 1. The molecule has 2 aliphatic rings. The van der Waals surface area contributed by atoms with Crippen molar-refractivity contribution >= 4 is 0 Å². The first kappa shape index (κ1) is 15.0. The first-order valence-electron chi connectivity index (χ1n) is 7.49. The van der Waals surface area contributed by atoms with Crippen LogP contribution in [-0.2, 0) is 4.74 Å². The van der Waals surface area contributed by atoms with Gasteiger partial charge < -0.3 is 20.1 Å². The van der Waals surface area contributed by atoms with Crippen molar-refractivity contribution < 1.29 is 20.1 Å². The lowest BCUT2D eigenvalue weighted by Gasteiger charge is -2.16. The maximum atomic E-state index is 10.0. The predicted molar refractivity (Wildman–Crippen MR) is 72.4 cm³/mol. The summed E-state index contributed by atoms with van der Waals surface area (Å²) in [5.74, 6) is 0.187. The molecule has 0 radical (unpaired) electrons. The smallest absolute Gasteiger partial charge is 0.155 e. The molecular weight excluding hydrogens is 244 g/mol. The van der Waals surface area contributed by atoms with Crippen LogP contribution in [0.4, 0.5) is 0 Å². The van der Waals surface area contributed by atoms with Crippen molar-refractivity contribution in [3.05, 3.63) is 12.2 Å². The van der Waals surface area contributed by atoms with Crippen molar-refractivity contribution in [3.63, 3.8) is 0 Å². The highest BCUT2D eigenvalue weighted by Gasteiger charge is 2.47. The van der Waals surface area contributed by atoms with E-state index in [1.54, 1.807) is 6.08 Å². The third-order valence-corrected chi connectivity index (χ3v) is 4.35. The molecule has 4 heteroatoms. The Balaban J connectivity index is 1.83. The second-order valence-corrected chi connectivity index (χ2v) is 5.86. The average Bonchev–Trinajstić information content (AvgIpc) is 2.82. The summed E-state index contributed by atoms with van der Waals surface area (Å²) in [6.07, 6.45) is 7.44. The Morgan fingerprint density at radius 3 is 2.79 bits per heavy atom. The minimum Gasteiger partial charge on any atom is -0.392 e. The molecule has 0 aromatic carbocycles. The molecule has 1 saturated heterocycles. The monoisotopic (exact) mass is 270 g/mol. The Kier molecular flexibility index (Phi) is 5.39. The van der Waals surface area contributed by atoms with Crippen LogP contribution >= 0.6 is 0 Å². The van der Waals surface area contributed by atoms with Crippen molar-refractivity contribution in [2.24, 2.45) is 11.8 Å². The summed E-state index contributed by atoms with van der Waals surface area (Å²) in [6, 6.07) is 0. The van der Waals surface area contributed by atoms with E-state index in [4.69, 9.17) is 4.74 Å². The number of aliphatic hydroxyl groups is 3. The van der Waals surface area contributed by atoms with Gasteiger partial charge in [-0.3, -0.25) is 0 Å². The topological polar surface area (TPSA) is 69.9 Å². The summed E-state index contributed by atoms with van der Waals surface area (Å²) in [5.41, 5.74) is 0. The maximum Gasteiger partial charge on any atom is 0.155 e. The molecule has 110 valence electrons. The highest BCUT2D eigenvalue weighted by Crippen LogP contribution is 2.43. The Morgan fingerprint density at radius 1 is 1.26 bits per heavy atom. The van der Waals surface area contributed by atoms with Crippen LogP contribution in [0.2, 0.25) is 0 Å². The van der Waals surface area contributed by atoms with Gasteiger partial charge in [-0.25, -0.2) is 0 Å². The van der Waals surface area contributed by atoms with E-state index in [0.29, 0.717) is 12.8 Å². The van der Waals surface area contributed by atoms with Crippen molar-refractivity contribution in [1.82, 2.24) is 0 Å². The standard InChI is InChI=1S/C15H26O4/c1-2-3-4-5-10(16)6-7-11-12-8-15(18)19-14(12)9-13(11)17/h6-7,10-18H,2-5,8-9H2,1H3/b7-6+/t10-,11-,12-,13-,14+,15+/m0/s1. The van der Waals surface area contributed by atoms with E-state index >= 15 is 0 Å². The van der Waals surface area contributed by atoms with Crippen LogP contribution in [0.1, 0.15) is 45.4 Å². The largest absolute Gasteiger partial charge is 0.392 e. The van der Waals surface area contributed by atoms with Crippen LogP contribution in [0.3, 0.4) is 0 Å². The number of aliphatic hydroxyl groups excluding tert-OH is 3. The predicted octanol–water partition coefficient (Wildman–Crippen LogP) is 1.59. The van der Waals surface area contributed by atoms with Gasteiger partial charge in [0.05, 0.1) is 18.3 Å². The van der Waals surface area contributed by atoms with Gasteiger partial charge in [-0.1, -0.05) is 38.3 Å². The van der Waals surface area contributed by atoms with E-state index in [0.717, 1.165) is 25.7 Å². The molecule has 4 nitrogen and oxygen atoms in total. The summed E-state index contributed by atoms with van der Waals surface area (Å²) in [7, 11) is 0. The molecule has 6 atom stereocenters. The molecule has 0 unspecified atom stereocenters. The van der Waals surface area contributed by atoms with Gasteiger partial charge in [-0.15, -0.1) is 0 Å². The van der Waals surface area contributed by atoms with E-state index in [-0.39, 0.29) is 17.9 Å². The Morgan fingerprint density at radius 2 is 2.05 bits per heavy atom. The molecule has 1 saturated carbocycles. The molecule has 3 N–H and O–H groups in total. The van der Waals surface area contributed by atoms with Crippen molar-refractivity contribution in [1.29, 1.82) is 0 Å². The van der Waals surface area contributed by atoms with Crippen LogP contribution in [0.5, 0.6) is 0 Å². The average molecular weight is 270 g/mol.